The second-order valence-electron chi connectivity index (χ2n) is 6.56. The van der Waals surface area contributed by atoms with Crippen LogP contribution >= 0.6 is 11.3 Å². The summed E-state index contributed by atoms with van der Waals surface area (Å²) in [7, 11) is 1.87. The van der Waals surface area contributed by atoms with E-state index in [4.69, 9.17) is 0 Å². The van der Waals surface area contributed by atoms with Gasteiger partial charge in [0.25, 0.3) is 5.91 Å². The largest absolute Gasteiger partial charge is 0.341 e. The van der Waals surface area contributed by atoms with Gasteiger partial charge in [-0.2, -0.15) is 0 Å². The van der Waals surface area contributed by atoms with Crippen LogP contribution in [0.2, 0.25) is 0 Å². The van der Waals surface area contributed by atoms with E-state index in [1.54, 1.807) is 17.3 Å². The summed E-state index contributed by atoms with van der Waals surface area (Å²) in [4.78, 5) is 28.5. The van der Waals surface area contributed by atoms with Gasteiger partial charge in [0, 0.05) is 19.8 Å². The van der Waals surface area contributed by atoms with Crippen LogP contribution in [0.5, 0.6) is 0 Å². The lowest BCUT2D eigenvalue weighted by Gasteiger charge is -2.15. The van der Waals surface area contributed by atoms with Gasteiger partial charge in [0.05, 0.1) is 17.6 Å². The minimum atomic E-state index is 0.0485. The Hall–Kier alpha value is -1.82. The third kappa shape index (κ3) is 3.58. The fourth-order valence-electron chi connectivity index (χ4n) is 2.51. The highest BCUT2D eigenvalue weighted by Crippen LogP contribution is 2.32. The Morgan fingerprint density at radius 1 is 1.35 bits per heavy atom. The number of carbonyl (C=O) groups excluding carboxylic acids is 1. The molecule has 2 aromatic heterocycles. The summed E-state index contributed by atoms with van der Waals surface area (Å²) in [6.07, 6.45) is 5.92. The minimum absolute atomic E-state index is 0.0485. The van der Waals surface area contributed by atoms with Crippen molar-refractivity contribution in [1.29, 1.82) is 0 Å². The Morgan fingerprint density at radius 3 is 2.74 bits per heavy atom. The molecule has 0 aromatic carbocycles. The van der Waals surface area contributed by atoms with Gasteiger partial charge < -0.3 is 4.90 Å². The summed E-state index contributed by atoms with van der Waals surface area (Å²) in [6, 6.07) is 0. The van der Waals surface area contributed by atoms with Gasteiger partial charge in [0.2, 0.25) is 0 Å². The zero-order valence-electron chi connectivity index (χ0n) is 14.0. The molecule has 2 heterocycles. The van der Waals surface area contributed by atoms with E-state index in [9.17, 15) is 4.79 Å². The molecule has 2 aromatic rings. The standard InChI is InChI=1S/C17H22N4OS/c1-10(2)14-15(20-11(3)7-18-14)16-19-8-13(23-16)17(22)21(4)9-12-5-6-12/h7-8,10,12H,5-6,9H2,1-4H3. The SMILES string of the molecule is Cc1cnc(C(C)C)c(-c2ncc(C(=O)N(C)CC3CC3)s2)n1. The highest BCUT2D eigenvalue weighted by molar-refractivity contribution is 7.16. The summed E-state index contributed by atoms with van der Waals surface area (Å²) < 4.78 is 0. The maximum Gasteiger partial charge on any atom is 0.265 e. The molecule has 1 fully saturated rings. The van der Waals surface area contributed by atoms with Crippen LogP contribution in [0.4, 0.5) is 0 Å². The molecule has 0 saturated heterocycles. The van der Waals surface area contributed by atoms with E-state index >= 15 is 0 Å². The molecule has 1 aliphatic rings. The molecule has 0 bridgehead atoms. The number of carbonyl (C=O) groups is 1. The zero-order valence-corrected chi connectivity index (χ0v) is 14.9. The van der Waals surface area contributed by atoms with E-state index in [0.717, 1.165) is 28.6 Å². The van der Waals surface area contributed by atoms with E-state index in [0.29, 0.717) is 10.8 Å². The number of aromatic nitrogens is 3. The van der Waals surface area contributed by atoms with Crippen LogP contribution < -0.4 is 0 Å². The van der Waals surface area contributed by atoms with Crippen molar-refractivity contribution in [2.75, 3.05) is 13.6 Å². The van der Waals surface area contributed by atoms with Gasteiger partial charge in [-0.3, -0.25) is 9.78 Å². The summed E-state index contributed by atoms with van der Waals surface area (Å²) in [5, 5.41) is 0.771. The maximum atomic E-state index is 12.5. The van der Waals surface area contributed by atoms with Crippen LogP contribution in [0.3, 0.4) is 0 Å². The molecule has 1 amide bonds. The predicted octanol–water partition coefficient (Wildman–Crippen LogP) is 3.51. The molecule has 0 atom stereocenters. The molecule has 1 saturated carbocycles. The Bertz CT molecular complexity index is 721. The van der Waals surface area contributed by atoms with Crippen molar-refractivity contribution < 1.29 is 4.79 Å². The minimum Gasteiger partial charge on any atom is -0.341 e. The van der Waals surface area contributed by atoms with E-state index in [-0.39, 0.29) is 11.8 Å². The van der Waals surface area contributed by atoms with Crippen molar-refractivity contribution in [3.8, 4) is 10.7 Å². The number of hydrogen-bond acceptors (Lipinski definition) is 5. The van der Waals surface area contributed by atoms with Crippen LogP contribution in [0.1, 0.15) is 53.7 Å². The quantitative estimate of drug-likeness (QED) is 0.842. The van der Waals surface area contributed by atoms with Crippen LogP contribution in [0.15, 0.2) is 12.4 Å². The average molecular weight is 330 g/mol. The smallest absolute Gasteiger partial charge is 0.265 e. The van der Waals surface area contributed by atoms with Crippen molar-refractivity contribution in [3.63, 3.8) is 0 Å². The van der Waals surface area contributed by atoms with Gasteiger partial charge in [-0.15, -0.1) is 11.3 Å². The third-order valence-electron chi connectivity index (χ3n) is 3.96. The summed E-state index contributed by atoms with van der Waals surface area (Å²) >= 11 is 1.41. The van der Waals surface area contributed by atoms with Crippen molar-refractivity contribution >= 4 is 17.2 Å². The van der Waals surface area contributed by atoms with Crippen LogP contribution in [0.25, 0.3) is 10.7 Å². The zero-order chi connectivity index (χ0) is 16.6. The summed E-state index contributed by atoms with van der Waals surface area (Å²) in [5.74, 6) is 0.998. The number of amides is 1. The van der Waals surface area contributed by atoms with Crippen LogP contribution in [-0.4, -0.2) is 39.4 Å². The molecule has 0 unspecified atom stereocenters. The normalized spacial score (nSPS) is 14.3. The van der Waals surface area contributed by atoms with E-state index in [1.165, 1.54) is 24.2 Å². The highest BCUT2D eigenvalue weighted by atomic mass is 32.1. The molecule has 6 heteroatoms. The molecule has 0 spiro atoms. The lowest BCUT2D eigenvalue weighted by Crippen LogP contribution is -2.28. The number of hydrogen-bond donors (Lipinski definition) is 0. The number of nitrogens with zero attached hydrogens (tertiary/aromatic N) is 4. The van der Waals surface area contributed by atoms with Gasteiger partial charge in [-0.25, -0.2) is 9.97 Å². The molecular formula is C17H22N4OS. The van der Waals surface area contributed by atoms with E-state index in [2.05, 4.69) is 28.8 Å². The highest BCUT2D eigenvalue weighted by Gasteiger charge is 2.26. The average Bonchev–Trinajstić information content (AvgIpc) is 3.18. The van der Waals surface area contributed by atoms with Crippen molar-refractivity contribution in [3.05, 3.63) is 28.7 Å². The lowest BCUT2D eigenvalue weighted by atomic mass is 10.1. The Labute approximate surface area is 140 Å². The monoisotopic (exact) mass is 330 g/mol. The van der Waals surface area contributed by atoms with Crippen LogP contribution in [0, 0.1) is 12.8 Å². The number of thiazole rings is 1. The van der Waals surface area contributed by atoms with Crippen LogP contribution in [-0.2, 0) is 0 Å². The molecule has 3 rings (SSSR count). The lowest BCUT2D eigenvalue weighted by molar-refractivity contribution is 0.0793. The fourth-order valence-corrected chi connectivity index (χ4v) is 3.42. The van der Waals surface area contributed by atoms with Gasteiger partial charge in [0.1, 0.15) is 15.6 Å². The molecule has 5 nitrogen and oxygen atoms in total. The van der Waals surface area contributed by atoms with Crippen molar-refractivity contribution in [1.82, 2.24) is 19.9 Å². The molecule has 0 N–H and O–H groups in total. The van der Waals surface area contributed by atoms with Gasteiger partial charge >= 0.3 is 0 Å². The summed E-state index contributed by atoms with van der Waals surface area (Å²) in [5.41, 5.74) is 2.59. The Morgan fingerprint density at radius 2 is 2.09 bits per heavy atom. The number of aryl methyl sites for hydroxylation is 1. The first kappa shape index (κ1) is 16.1. The Kier molecular flexibility index (Phi) is 4.43. The maximum absolute atomic E-state index is 12.5. The second-order valence-corrected chi connectivity index (χ2v) is 7.59. The first-order valence-electron chi connectivity index (χ1n) is 8.01. The molecule has 1 aliphatic carbocycles. The topological polar surface area (TPSA) is 59.0 Å². The molecule has 0 radical (unpaired) electrons. The second kappa shape index (κ2) is 6.35. The van der Waals surface area contributed by atoms with E-state index in [1.807, 2.05) is 14.0 Å². The molecule has 0 aliphatic heterocycles. The molecule has 23 heavy (non-hydrogen) atoms. The van der Waals surface area contributed by atoms with Gasteiger partial charge in [-0.1, -0.05) is 13.8 Å². The van der Waals surface area contributed by atoms with Crippen molar-refractivity contribution in [2.24, 2.45) is 5.92 Å². The van der Waals surface area contributed by atoms with Gasteiger partial charge in [-0.05, 0) is 31.6 Å². The van der Waals surface area contributed by atoms with Gasteiger partial charge in [0.15, 0.2) is 0 Å². The van der Waals surface area contributed by atoms with Crippen molar-refractivity contribution in [2.45, 2.75) is 39.5 Å². The number of rotatable bonds is 5. The Balaban J connectivity index is 1.86. The fraction of sp³-hybridized carbons (Fsp3) is 0.529. The summed E-state index contributed by atoms with van der Waals surface area (Å²) in [6.45, 7) is 6.94. The first-order chi connectivity index (χ1) is 11.0. The third-order valence-corrected chi connectivity index (χ3v) is 4.95. The predicted molar refractivity (Wildman–Crippen MR) is 91.7 cm³/mol. The molecular weight excluding hydrogens is 308 g/mol. The first-order valence-corrected chi connectivity index (χ1v) is 8.82. The van der Waals surface area contributed by atoms with E-state index < -0.39 is 0 Å². The molecule has 122 valence electrons.